The lowest BCUT2D eigenvalue weighted by Crippen LogP contribution is -2.55. The van der Waals surface area contributed by atoms with Crippen molar-refractivity contribution in [3.8, 4) is 0 Å². The van der Waals surface area contributed by atoms with E-state index in [9.17, 15) is 0 Å². The molecule has 0 N–H and O–H groups in total. The number of unbranched alkanes of at least 4 members (excludes halogenated alkanes) is 4. The summed E-state index contributed by atoms with van der Waals surface area (Å²) in [4.78, 5) is 0. The highest BCUT2D eigenvalue weighted by molar-refractivity contribution is 6.61. The Labute approximate surface area is 149 Å². The average Bonchev–Trinajstić information content (AvgIpc) is 2.58. The van der Waals surface area contributed by atoms with Crippen LogP contribution in [0.3, 0.4) is 0 Å². The summed E-state index contributed by atoms with van der Waals surface area (Å²) >= 11 is 0. The molecule has 0 aromatic carbocycles. The summed E-state index contributed by atoms with van der Waals surface area (Å²) in [5.74, 6) is 0. The Bertz CT molecular complexity index is 245. The lowest BCUT2D eigenvalue weighted by Gasteiger charge is -2.40. The maximum absolute atomic E-state index is 4.53. The molecule has 0 aromatic rings. The zero-order chi connectivity index (χ0) is 17.5. The third kappa shape index (κ3) is 9.68. The molecular formula is C20H44N2Si. The van der Waals surface area contributed by atoms with E-state index < -0.39 is 9.12 Å². The lowest BCUT2D eigenvalue weighted by atomic mass is 10.3. The topological polar surface area (TPSA) is 6.48 Å². The Morgan fingerprint density at radius 3 is 1.17 bits per heavy atom. The van der Waals surface area contributed by atoms with Gasteiger partial charge in [-0.15, -0.1) is 6.58 Å². The molecule has 0 spiro atoms. The highest BCUT2D eigenvalue weighted by atomic mass is 28.3. The number of hydrogen-bond donors (Lipinski definition) is 0. The van der Waals surface area contributed by atoms with Crippen LogP contribution in [0.5, 0.6) is 0 Å². The van der Waals surface area contributed by atoms with Gasteiger partial charge in [0, 0.05) is 0 Å². The van der Waals surface area contributed by atoms with E-state index in [4.69, 9.17) is 0 Å². The van der Waals surface area contributed by atoms with Crippen LogP contribution in [0.2, 0.25) is 0 Å². The monoisotopic (exact) mass is 340 g/mol. The van der Waals surface area contributed by atoms with Gasteiger partial charge in [0.25, 0.3) is 0 Å². The first kappa shape index (κ1) is 22.9. The van der Waals surface area contributed by atoms with E-state index in [1.54, 1.807) is 5.20 Å². The molecule has 0 rings (SSSR count). The maximum Gasteiger partial charge on any atom is 0.218 e. The molecule has 138 valence electrons. The summed E-state index contributed by atoms with van der Waals surface area (Å²) < 4.78 is 5.73. The molecule has 0 amide bonds. The van der Waals surface area contributed by atoms with Gasteiger partial charge >= 0.3 is 0 Å². The minimum absolute atomic E-state index is 1.15. The first-order chi connectivity index (χ1) is 11.2. The normalized spacial score (nSPS) is 11.8. The van der Waals surface area contributed by atoms with Crippen LogP contribution in [0.25, 0.3) is 0 Å². The standard InChI is InChI=1S/C20H44N2Si/c1-7-12-16-21(17-13-8-2)23(20(6)11-5)22(18-14-9-3)19-15-10-4/h23H,6-19H2,1-5H3. The summed E-state index contributed by atoms with van der Waals surface area (Å²) in [6, 6.07) is 0. The van der Waals surface area contributed by atoms with Gasteiger partial charge in [0.1, 0.15) is 0 Å². The highest BCUT2D eigenvalue weighted by Crippen LogP contribution is 2.17. The fourth-order valence-electron chi connectivity index (χ4n) is 3.09. The molecule has 0 aliphatic heterocycles. The molecule has 0 heterocycles. The van der Waals surface area contributed by atoms with E-state index in [1.165, 1.54) is 77.5 Å². The Morgan fingerprint density at radius 2 is 0.957 bits per heavy atom. The van der Waals surface area contributed by atoms with Crippen LogP contribution in [0.15, 0.2) is 11.8 Å². The van der Waals surface area contributed by atoms with Gasteiger partial charge in [0.15, 0.2) is 0 Å². The molecule has 0 unspecified atom stereocenters. The third-order valence-corrected chi connectivity index (χ3v) is 8.26. The van der Waals surface area contributed by atoms with Gasteiger partial charge in [0.05, 0.1) is 0 Å². The summed E-state index contributed by atoms with van der Waals surface area (Å²) in [7, 11) is -1.21. The smallest absolute Gasteiger partial charge is 0.218 e. The molecule has 0 aliphatic carbocycles. The SMILES string of the molecule is C=C(CC)[SiH](N(CCCC)CCCC)N(CCCC)CCCC. The first-order valence-electron chi connectivity index (χ1n) is 10.3. The van der Waals surface area contributed by atoms with Crippen molar-refractivity contribution in [2.24, 2.45) is 0 Å². The number of nitrogens with zero attached hydrogens (tertiary/aromatic N) is 2. The average molecular weight is 341 g/mol. The van der Waals surface area contributed by atoms with Crippen LogP contribution in [-0.4, -0.2) is 44.4 Å². The van der Waals surface area contributed by atoms with Crippen LogP contribution in [0, 0.1) is 0 Å². The summed E-state index contributed by atoms with van der Waals surface area (Å²) in [6.07, 6.45) is 11.7. The molecule has 0 saturated carbocycles. The Balaban J connectivity index is 5.19. The third-order valence-electron chi connectivity index (χ3n) is 4.71. The molecule has 0 fully saturated rings. The van der Waals surface area contributed by atoms with E-state index in [-0.39, 0.29) is 0 Å². The molecule has 3 heteroatoms. The van der Waals surface area contributed by atoms with Crippen LogP contribution in [-0.2, 0) is 0 Å². The predicted molar refractivity (Wildman–Crippen MR) is 109 cm³/mol. The Kier molecular flexibility index (Phi) is 15.3. The number of hydrogen-bond acceptors (Lipinski definition) is 2. The molecule has 0 aliphatic rings. The van der Waals surface area contributed by atoms with Crippen molar-refractivity contribution in [3.63, 3.8) is 0 Å². The van der Waals surface area contributed by atoms with Gasteiger partial charge in [-0.25, -0.2) is 0 Å². The van der Waals surface area contributed by atoms with Crippen molar-refractivity contribution >= 4 is 9.12 Å². The van der Waals surface area contributed by atoms with Gasteiger partial charge < -0.3 is 9.13 Å². The molecule has 2 nitrogen and oxygen atoms in total. The largest absolute Gasteiger partial charge is 0.311 e. The van der Waals surface area contributed by atoms with E-state index in [1.807, 2.05) is 0 Å². The Morgan fingerprint density at radius 1 is 0.652 bits per heavy atom. The van der Waals surface area contributed by atoms with Gasteiger partial charge in [-0.05, 0) is 58.3 Å². The van der Waals surface area contributed by atoms with Crippen molar-refractivity contribution < 1.29 is 0 Å². The summed E-state index contributed by atoms with van der Waals surface area (Å²) in [5, 5.41) is 1.55. The van der Waals surface area contributed by atoms with Crippen molar-refractivity contribution in [1.29, 1.82) is 0 Å². The van der Waals surface area contributed by atoms with Crippen LogP contribution in [0.1, 0.15) is 92.4 Å². The summed E-state index contributed by atoms with van der Waals surface area (Å²) in [6.45, 7) is 21.2. The van der Waals surface area contributed by atoms with Gasteiger partial charge in [-0.3, -0.25) is 0 Å². The molecule has 0 aromatic heterocycles. The van der Waals surface area contributed by atoms with Gasteiger partial charge in [-0.2, -0.15) is 0 Å². The minimum atomic E-state index is -1.21. The molecule has 0 saturated heterocycles. The van der Waals surface area contributed by atoms with E-state index >= 15 is 0 Å². The quantitative estimate of drug-likeness (QED) is 0.341. The molecule has 0 radical (unpaired) electrons. The second kappa shape index (κ2) is 15.4. The lowest BCUT2D eigenvalue weighted by molar-refractivity contribution is 0.329. The van der Waals surface area contributed by atoms with Crippen LogP contribution >= 0.6 is 0 Å². The van der Waals surface area contributed by atoms with E-state index in [0.29, 0.717) is 0 Å². The fourth-order valence-corrected chi connectivity index (χ4v) is 6.66. The van der Waals surface area contributed by atoms with Crippen LogP contribution in [0.4, 0.5) is 0 Å². The van der Waals surface area contributed by atoms with Crippen molar-refractivity contribution in [2.75, 3.05) is 26.2 Å². The van der Waals surface area contributed by atoms with Crippen molar-refractivity contribution in [3.05, 3.63) is 11.8 Å². The first-order valence-corrected chi connectivity index (χ1v) is 11.9. The van der Waals surface area contributed by atoms with Gasteiger partial charge in [-0.1, -0.05) is 65.5 Å². The van der Waals surface area contributed by atoms with Crippen molar-refractivity contribution in [1.82, 2.24) is 9.13 Å². The van der Waals surface area contributed by atoms with E-state index in [2.05, 4.69) is 50.3 Å². The molecule has 0 atom stereocenters. The zero-order valence-corrected chi connectivity index (χ0v) is 18.0. The predicted octanol–water partition coefficient (Wildman–Crippen LogP) is 5.52. The Hall–Kier alpha value is -0.123. The molecular weight excluding hydrogens is 296 g/mol. The van der Waals surface area contributed by atoms with Crippen LogP contribution < -0.4 is 0 Å². The zero-order valence-electron chi connectivity index (χ0n) is 16.9. The summed E-state index contributed by atoms with van der Waals surface area (Å²) in [5.41, 5.74) is 0. The highest BCUT2D eigenvalue weighted by Gasteiger charge is 2.28. The van der Waals surface area contributed by atoms with E-state index in [0.717, 1.165) is 6.42 Å². The van der Waals surface area contributed by atoms with Gasteiger partial charge in [0.2, 0.25) is 9.12 Å². The maximum atomic E-state index is 4.53. The molecule has 0 bridgehead atoms. The minimum Gasteiger partial charge on any atom is -0.311 e. The molecule has 23 heavy (non-hydrogen) atoms. The second-order valence-corrected chi connectivity index (χ2v) is 9.90. The fraction of sp³-hybridized carbons (Fsp3) is 0.900. The second-order valence-electron chi connectivity index (χ2n) is 6.87. The van der Waals surface area contributed by atoms with Crippen molar-refractivity contribution in [2.45, 2.75) is 92.4 Å². The number of allylic oxidation sites excluding steroid dienone is 1. The number of rotatable bonds is 16.